The lowest BCUT2D eigenvalue weighted by atomic mass is 9.93. The Morgan fingerprint density at radius 2 is 2.21 bits per heavy atom. The molecule has 0 fully saturated rings. The lowest BCUT2D eigenvalue weighted by Gasteiger charge is -2.25. The van der Waals surface area contributed by atoms with E-state index in [2.05, 4.69) is 39.0 Å². The number of ether oxygens (including phenoxy) is 1. The average Bonchev–Trinajstić information content (AvgIpc) is 2.77. The van der Waals surface area contributed by atoms with E-state index in [1.807, 2.05) is 5.38 Å². The number of hydrogen-bond acceptors (Lipinski definition) is 4. The van der Waals surface area contributed by atoms with E-state index in [0.29, 0.717) is 5.92 Å². The summed E-state index contributed by atoms with van der Waals surface area (Å²) in [5.74, 6) is 0.849. The summed E-state index contributed by atoms with van der Waals surface area (Å²) in [6.07, 6.45) is 7.56. The van der Waals surface area contributed by atoms with Crippen LogP contribution in [0.5, 0.6) is 0 Å². The van der Waals surface area contributed by atoms with Crippen LogP contribution in [0.1, 0.15) is 38.0 Å². The largest absolute Gasteiger partial charge is 0.373 e. The predicted octanol–water partition coefficient (Wildman–Crippen LogP) is 4.20. The third-order valence-electron chi connectivity index (χ3n) is 3.15. The van der Waals surface area contributed by atoms with Crippen molar-refractivity contribution in [3.8, 4) is 0 Å². The maximum atomic E-state index is 11.4. The van der Waals surface area contributed by atoms with Crippen LogP contribution in [-0.4, -0.2) is 12.7 Å². The first kappa shape index (κ1) is 14.7. The smallest absolute Gasteiger partial charge is 0.287 e. The van der Waals surface area contributed by atoms with E-state index >= 15 is 0 Å². The quantitative estimate of drug-likeness (QED) is 0.814. The monoisotopic (exact) mass is 296 g/mol. The maximum absolute atomic E-state index is 11.4. The van der Waals surface area contributed by atoms with Crippen LogP contribution in [0.3, 0.4) is 0 Å². The minimum atomic E-state index is 0.0627. The van der Waals surface area contributed by atoms with Gasteiger partial charge in [-0.15, -0.1) is 0 Å². The molecule has 19 heavy (non-hydrogen) atoms. The third-order valence-corrected chi connectivity index (χ3v) is 5.20. The summed E-state index contributed by atoms with van der Waals surface area (Å²) in [6.45, 7) is 7.26. The normalized spacial score (nSPS) is 22.8. The molecule has 0 N–H and O–H groups in total. The van der Waals surface area contributed by atoms with Crippen molar-refractivity contribution < 1.29 is 4.74 Å². The van der Waals surface area contributed by atoms with E-state index in [0.717, 1.165) is 17.9 Å². The molecule has 2 unspecified atom stereocenters. The number of rotatable bonds is 5. The van der Waals surface area contributed by atoms with Gasteiger partial charge < -0.3 is 4.74 Å². The van der Waals surface area contributed by atoms with E-state index in [9.17, 15) is 4.79 Å². The van der Waals surface area contributed by atoms with Gasteiger partial charge in [0.25, 0.3) is 4.06 Å². The molecular weight excluding hydrogens is 276 g/mol. The Kier molecular flexibility index (Phi) is 5.13. The van der Waals surface area contributed by atoms with Crippen LogP contribution in [-0.2, 0) is 4.74 Å². The van der Waals surface area contributed by atoms with E-state index in [4.69, 9.17) is 4.74 Å². The van der Waals surface area contributed by atoms with Gasteiger partial charge in [0.15, 0.2) is 0 Å². The van der Waals surface area contributed by atoms with Crippen LogP contribution >= 0.6 is 22.7 Å². The molecule has 1 aromatic heterocycles. The first-order chi connectivity index (χ1) is 9.06. The summed E-state index contributed by atoms with van der Waals surface area (Å²) in [6, 6.07) is 0. The lowest BCUT2D eigenvalue weighted by Crippen LogP contribution is -2.21. The van der Waals surface area contributed by atoms with E-state index in [-0.39, 0.29) is 16.1 Å². The lowest BCUT2D eigenvalue weighted by molar-refractivity contribution is 0.0678. The summed E-state index contributed by atoms with van der Waals surface area (Å²) >= 11 is 2.63. The van der Waals surface area contributed by atoms with Crippen molar-refractivity contribution in [1.29, 1.82) is 0 Å². The van der Waals surface area contributed by atoms with Gasteiger partial charge in [0.2, 0.25) is 0 Å². The Labute approximate surface area is 122 Å². The predicted molar refractivity (Wildman–Crippen MR) is 83.3 cm³/mol. The minimum absolute atomic E-state index is 0.0627. The molecule has 1 heterocycles. The summed E-state index contributed by atoms with van der Waals surface area (Å²) in [5, 5.41) is 1.97. The molecule has 1 aliphatic rings. The Balaban J connectivity index is 2.08. The van der Waals surface area contributed by atoms with Crippen LogP contribution in [0.2, 0.25) is 0 Å². The highest BCUT2D eigenvalue weighted by Gasteiger charge is 2.24. The Bertz CT molecular complexity index is 522. The van der Waals surface area contributed by atoms with Gasteiger partial charge in [-0.2, -0.15) is 0 Å². The van der Waals surface area contributed by atoms with E-state index < -0.39 is 0 Å². The fourth-order valence-corrected chi connectivity index (χ4v) is 3.90. The van der Waals surface area contributed by atoms with Crippen molar-refractivity contribution in [3.63, 3.8) is 0 Å². The van der Waals surface area contributed by atoms with Gasteiger partial charge >= 0.3 is 0 Å². The molecule has 2 nitrogen and oxygen atoms in total. The minimum Gasteiger partial charge on any atom is -0.373 e. The molecule has 2 atom stereocenters. The topological polar surface area (TPSA) is 26.3 Å². The summed E-state index contributed by atoms with van der Waals surface area (Å²) in [7, 11) is 0. The second-order valence-corrected chi connectivity index (χ2v) is 7.45. The Hall–Kier alpha value is -0.710. The molecule has 0 saturated carbocycles. The Morgan fingerprint density at radius 3 is 2.84 bits per heavy atom. The fourth-order valence-electron chi connectivity index (χ4n) is 2.04. The second-order valence-electron chi connectivity index (χ2n) is 5.30. The molecular formula is C15H20O2S2. The van der Waals surface area contributed by atoms with E-state index in [1.54, 1.807) is 0 Å². The highest BCUT2D eigenvalue weighted by Crippen LogP contribution is 2.32. The van der Waals surface area contributed by atoms with Gasteiger partial charge in [0, 0.05) is 22.8 Å². The molecule has 1 aliphatic carbocycles. The molecule has 1 aromatic rings. The first-order valence-corrected chi connectivity index (χ1v) is 8.32. The van der Waals surface area contributed by atoms with Crippen molar-refractivity contribution in [2.75, 3.05) is 6.61 Å². The van der Waals surface area contributed by atoms with Gasteiger partial charge in [-0.1, -0.05) is 60.3 Å². The van der Waals surface area contributed by atoms with Crippen LogP contribution in [0.25, 0.3) is 0 Å². The first-order valence-electron chi connectivity index (χ1n) is 6.63. The molecule has 2 rings (SSSR count). The molecule has 0 aliphatic heterocycles. The van der Waals surface area contributed by atoms with Gasteiger partial charge in [-0.25, -0.2) is 0 Å². The van der Waals surface area contributed by atoms with Gasteiger partial charge in [-0.3, -0.25) is 4.79 Å². The molecule has 0 aromatic carbocycles. The highest BCUT2D eigenvalue weighted by atomic mass is 32.2. The van der Waals surface area contributed by atoms with Gasteiger partial charge in [0.05, 0.1) is 6.10 Å². The van der Waals surface area contributed by atoms with Gasteiger partial charge in [-0.05, 0) is 19.3 Å². The molecule has 104 valence electrons. The second kappa shape index (κ2) is 6.64. The van der Waals surface area contributed by atoms with Crippen molar-refractivity contribution in [2.45, 2.75) is 39.2 Å². The average molecular weight is 296 g/mol. The fraction of sp³-hybridized carbons (Fsp3) is 0.533. The number of allylic oxidation sites excluding steroid dienone is 2. The van der Waals surface area contributed by atoms with Crippen molar-refractivity contribution in [1.82, 2.24) is 0 Å². The molecule has 0 saturated heterocycles. The zero-order valence-electron chi connectivity index (χ0n) is 11.6. The molecule has 0 amide bonds. The standard InChI is InChI=1S/C15H20O2S2/c1-10(2)6-7-17-13-5-4-11(3)8-12(13)14-9-18-15(16)19-14/h4-5,8-10,12-13H,6-7H2,1-3H3. The zero-order valence-corrected chi connectivity index (χ0v) is 13.2. The number of hydrogen-bond donors (Lipinski definition) is 0. The van der Waals surface area contributed by atoms with Crippen molar-refractivity contribution >= 4 is 22.7 Å². The summed E-state index contributed by atoms with van der Waals surface area (Å²) < 4.78 is 6.16. The SMILES string of the molecule is CC1=CC(c2csc(=O)s2)C(OCCC(C)C)C=C1. The molecule has 0 spiro atoms. The van der Waals surface area contributed by atoms with E-state index in [1.165, 1.54) is 28.2 Å². The van der Waals surface area contributed by atoms with Crippen LogP contribution < -0.4 is 4.06 Å². The van der Waals surface area contributed by atoms with Crippen molar-refractivity contribution in [2.24, 2.45) is 5.92 Å². The van der Waals surface area contributed by atoms with Crippen molar-refractivity contribution in [3.05, 3.63) is 42.9 Å². The summed E-state index contributed by atoms with van der Waals surface area (Å²) in [4.78, 5) is 12.5. The maximum Gasteiger partial charge on any atom is 0.287 e. The van der Waals surface area contributed by atoms with Crippen LogP contribution in [0.15, 0.2) is 34.0 Å². The summed E-state index contributed by atoms with van der Waals surface area (Å²) in [5.41, 5.74) is 1.24. The molecule has 0 radical (unpaired) electrons. The van der Waals surface area contributed by atoms with Gasteiger partial charge in [0.1, 0.15) is 0 Å². The van der Waals surface area contributed by atoms with Crippen LogP contribution in [0.4, 0.5) is 0 Å². The zero-order chi connectivity index (χ0) is 13.8. The molecule has 0 bridgehead atoms. The molecule has 4 heteroatoms. The highest BCUT2D eigenvalue weighted by molar-refractivity contribution is 7.26. The van der Waals surface area contributed by atoms with Crippen LogP contribution in [0, 0.1) is 5.92 Å². The third kappa shape index (κ3) is 4.13. The Morgan fingerprint density at radius 1 is 1.42 bits per heavy atom.